The van der Waals surface area contributed by atoms with Gasteiger partial charge in [0.1, 0.15) is 0 Å². The van der Waals surface area contributed by atoms with E-state index in [1.807, 2.05) is 34.7 Å². The summed E-state index contributed by atoms with van der Waals surface area (Å²) in [6.07, 6.45) is 5.23. The quantitative estimate of drug-likeness (QED) is 0.566. The van der Waals surface area contributed by atoms with E-state index in [0.29, 0.717) is 0 Å². The standard InChI is InChI=1S/C13H14FI/c1-2-3-4-10-5-7-11(8-6-10)12-9-13(12,14)15/h5-9H,2-4H2,1H3. The Kier molecular flexibility index (Phi) is 3.14. The molecule has 0 saturated heterocycles. The Morgan fingerprint density at radius 2 is 1.87 bits per heavy atom. The summed E-state index contributed by atoms with van der Waals surface area (Å²) in [6, 6.07) is 8.27. The minimum atomic E-state index is -1.18. The number of aryl methyl sites for hydroxylation is 1. The first-order chi connectivity index (χ1) is 7.13. The smallest absolute Gasteiger partial charge is 0.205 e. The van der Waals surface area contributed by atoms with Crippen LogP contribution in [0, 0.1) is 0 Å². The van der Waals surface area contributed by atoms with Gasteiger partial charge in [0, 0.05) is 5.57 Å². The largest absolute Gasteiger partial charge is 0.222 e. The number of unbranched alkanes of at least 4 members (excludes halogenated alkanes) is 1. The second-order valence-corrected chi connectivity index (χ2v) is 5.55. The Bertz CT molecular complexity index is 376. The highest BCUT2D eigenvalue weighted by atomic mass is 127. The van der Waals surface area contributed by atoms with Crippen LogP contribution in [0.1, 0.15) is 30.9 Å². The molecule has 80 valence electrons. The second-order valence-electron chi connectivity index (χ2n) is 3.98. The van der Waals surface area contributed by atoms with Crippen LogP contribution in [-0.4, -0.2) is 3.68 Å². The summed E-state index contributed by atoms with van der Waals surface area (Å²) >= 11 is 1.83. The topological polar surface area (TPSA) is 0 Å². The van der Waals surface area contributed by atoms with Gasteiger partial charge in [0.05, 0.1) is 0 Å². The Balaban J connectivity index is 2.02. The lowest BCUT2D eigenvalue weighted by Crippen LogP contribution is -1.91. The number of hydrogen-bond donors (Lipinski definition) is 0. The van der Waals surface area contributed by atoms with Crippen molar-refractivity contribution in [1.29, 1.82) is 0 Å². The molecule has 0 bridgehead atoms. The Morgan fingerprint density at radius 3 is 2.33 bits per heavy atom. The van der Waals surface area contributed by atoms with Crippen molar-refractivity contribution in [3.63, 3.8) is 0 Å². The molecule has 0 N–H and O–H groups in total. The molecule has 0 aromatic heterocycles. The minimum Gasteiger partial charge on any atom is -0.222 e. The van der Waals surface area contributed by atoms with Crippen molar-refractivity contribution in [3.8, 4) is 0 Å². The van der Waals surface area contributed by atoms with Crippen LogP contribution in [0.15, 0.2) is 30.3 Å². The molecule has 1 aliphatic rings. The molecule has 0 spiro atoms. The highest BCUT2D eigenvalue weighted by Crippen LogP contribution is 2.51. The van der Waals surface area contributed by atoms with Crippen LogP contribution < -0.4 is 0 Å². The summed E-state index contributed by atoms with van der Waals surface area (Å²) in [4.78, 5) is 0. The van der Waals surface area contributed by atoms with Crippen molar-refractivity contribution in [2.24, 2.45) is 0 Å². The van der Waals surface area contributed by atoms with Gasteiger partial charge in [-0.05, 0) is 52.6 Å². The van der Waals surface area contributed by atoms with E-state index in [1.54, 1.807) is 6.08 Å². The van der Waals surface area contributed by atoms with Gasteiger partial charge in [-0.1, -0.05) is 37.6 Å². The van der Waals surface area contributed by atoms with Crippen LogP contribution in [0.2, 0.25) is 0 Å². The van der Waals surface area contributed by atoms with Crippen molar-refractivity contribution in [3.05, 3.63) is 41.5 Å². The number of allylic oxidation sites excluding steroid dienone is 2. The zero-order chi connectivity index (χ0) is 10.9. The predicted octanol–water partition coefficient (Wildman–Crippen LogP) is 4.53. The van der Waals surface area contributed by atoms with Crippen molar-refractivity contribution < 1.29 is 4.39 Å². The van der Waals surface area contributed by atoms with Gasteiger partial charge in [-0.15, -0.1) is 0 Å². The molecule has 1 aliphatic carbocycles. The van der Waals surface area contributed by atoms with Gasteiger partial charge in [0.25, 0.3) is 0 Å². The fourth-order valence-electron chi connectivity index (χ4n) is 1.65. The number of rotatable bonds is 4. The lowest BCUT2D eigenvalue weighted by Gasteiger charge is -2.02. The lowest BCUT2D eigenvalue weighted by molar-refractivity contribution is 0.500. The highest BCUT2D eigenvalue weighted by Gasteiger charge is 2.42. The second kappa shape index (κ2) is 4.24. The van der Waals surface area contributed by atoms with E-state index >= 15 is 0 Å². The molecule has 1 aromatic rings. The fourth-order valence-corrected chi connectivity index (χ4v) is 2.28. The van der Waals surface area contributed by atoms with E-state index in [1.165, 1.54) is 18.4 Å². The Hall–Kier alpha value is -0.380. The normalized spacial score (nSPS) is 23.8. The van der Waals surface area contributed by atoms with Crippen molar-refractivity contribution in [2.75, 3.05) is 0 Å². The molecule has 2 rings (SSSR count). The predicted molar refractivity (Wildman–Crippen MR) is 70.9 cm³/mol. The maximum absolute atomic E-state index is 13.3. The summed E-state index contributed by atoms with van der Waals surface area (Å²) in [5.74, 6) is 0. The zero-order valence-corrected chi connectivity index (χ0v) is 10.9. The first-order valence-corrected chi connectivity index (χ1v) is 6.42. The molecule has 0 saturated carbocycles. The number of hydrogen-bond acceptors (Lipinski definition) is 0. The number of alkyl halides is 2. The first kappa shape index (κ1) is 11.1. The molecule has 1 unspecified atom stereocenters. The molecule has 2 heteroatoms. The molecular formula is C13H14FI. The fraction of sp³-hybridized carbons (Fsp3) is 0.385. The molecular weight excluding hydrogens is 302 g/mol. The average molecular weight is 316 g/mol. The summed E-state index contributed by atoms with van der Waals surface area (Å²) < 4.78 is 12.2. The maximum atomic E-state index is 13.3. The van der Waals surface area contributed by atoms with E-state index in [0.717, 1.165) is 17.6 Å². The van der Waals surface area contributed by atoms with Gasteiger partial charge >= 0.3 is 0 Å². The number of halogens is 2. The van der Waals surface area contributed by atoms with Gasteiger partial charge in [-0.3, -0.25) is 0 Å². The molecule has 1 aromatic carbocycles. The molecule has 15 heavy (non-hydrogen) atoms. The molecule has 1 atom stereocenters. The van der Waals surface area contributed by atoms with Gasteiger partial charge in [-0.25, -0.2) is 4.39 Å². The van der Waals surface area contributed by atoms with Crippen LogP contribution in [0.4, 0.5) is 4.39 Å². The summed E-state index contributed by atoms with van der Waals surface area (Å²) in [7, 11) is 0. The Morgan fingerprint density at radius 1 is 1.27 bits per heavy atom. The number of benzene rings is 1. The summed E-state index contributed by atoms with van der Waals surface area (Å²) in [5, 5.41) is 0. The maximum Gasteiger partial charge on any atom is 0.205 e. The van der Waals surface area contributed by atoms with Crippen molar-refractivity contribution in [2.45, 2.75) is 29.9 Å². The van der Waals surface area contributed by atoms with Crippen molar-refractivity contribution >= 4 is 28.2 Å². The van der Waals surface area contributed by atoms with Crippen LogP contribution >= 0.6 is 22.6 Å². The monoisotopic (exact) mass is 316 g/mol. The molecule has 0 aliphatic heterocycles. The van der Waals surface area contributed by atoms with E-state index in [4.69, 9.17) is 0 Å². The highest BCUT2D eigenvalue weighted by molar-refractivity contribution is 14.1. The van der Waals surface area contributed by atoms with E-state index in [9.17, 15) is 4.39 Å². The Labute approximate surface area is 104 Å². The van der Waals surface area contributed by atoms with Crippen LogP contribution in [0.3, 0.4) is 0 Å². The van der Waals surface area contributed by atoms with E-state index < -0.39 is 3.68 Å². The SMILES string of the molecule is CCCCc1ccc(C2=CC2(F)I)cc1. The third-order valence-corrected chi connectivity index (χ3v) is 3.58. The first-order valence-electron chi connectivity index (χ1n) is 5.34. The zero-order valence-electron chi connectivity index (χ0n) is 8.76. The van der Waals surface area contributed by atoms with Crippen LogP contribution in [0.25, 0.3) is 5.57 Å². The van der Waals surface area contributed by atoms with Crippen LogP contribution in [0.5, 0.6) is 0 Å². The molecule has 0 amide bonds. The third kappa shape index (κ3) is 2.60. The molecule has 0 fully saturated rings. The molecule has 0 nitrogen and oxygen atoms in total. The van der Waals surface area contributed by atoms with Crippen LogP contribution in [-0.2, 0) is 6.42 Å². The summed E-state index contributed by atoms with van der Waals surface area (Å²) in [6.45, 7) is 2.19. The molecule has 0 heterocycles. The van der Waals surface area contributed by atoms with E-state index in [2.05, 4.69) is 19.1 Å². The lowest BCUT2D eigenvalue weighted by atomic mass is 10.1. The molecule has 0 radical (unpaired) electrons. The minimum absolute atomic E-state index is 0.824. The van der Waals surface area contributed by atoms with Gasteiger partial charge in [-0.2, -0.15) is 0 Å². The average Bonchev–Trinajstić information content (AvgIpc) is 2.86. The van der Waals surface area contributed by atoms with Gasteiger partial charge < -0.3 is 0 Å². The van der Waals surface area contributed by atoms with E-state index in [-0.39, 0.29) is 0 Å². The third-order valence-electron chi connectivity index (χ3n) is 2.69. The van der Waals surface area contributed by atoms with Gasteiger partial charge in [0.15, 0.2) is 0 Å². The summed E-state index contributed by atoms with van der Waals surface area (Å²) in [5.41, 5.74) is 3.19. The van der Waals surface area contributed by atoms with Gasteiger partial charge in [0.2, 0.25) is 3.68 Å². The van der Waals surface area contributed by atoms with Crippen molar-refractivity contribution in [1.82, 2.24) is 0 Å².